The molecule has 4 N–H and O–H groups in total. The third-order valence-corrected chi connectivity index (χ3v) is 8.06. The van der Waals surface area contributed by atoms with Crippen molar-refractivity contribution in [2.75, 3.05) is 26.4 Å². The summed E-state index contributed by atoms with van der Waals surface area (Å²) in [5.74, 6) is -0.504. The average Bonchev–Trinajstić information content (AvgIpc) is 3.32. The van der Waals surface area contributed by atoms with Gasteiger partial charge in [-0.3, -0.25) is 14.9 Å². The number of ether oxygens (including phenoxy) is 5. The first kappa shape index (κ1) is 36.0. The van der Waals surface area contributed by atoms with E-state index in [9.17, 15) is 24.6 Å². The third kappa shape index (κ3) is 7.48. The summed E-state index contributed by atoms with van der Waals surface area (Å²) in [6.45, 7) is 10.8. The van der Waals surface area contributed by atoms with Crippen LogP contribution in [0.5, 0.6) is 23.0 Å². The van der Waals surface area contributed by atoms with Gasteiger partial charge in [0.1, 0.15) is 35.3 Å². The van der Waals surface area contributed by atoms with Gasteiger partial charge in [-0.05, 0) is 90.4 Å². The SMILES string of the molecule is CC(C)(C)C(=O)Oc1ccc2c(c1)Oc1cc(OC(=O)C(C)(C)C)ccc1C21OC(=O)c2cc(C(O)NCCCOCC(O)CO)ccc21. The summed E-state index contributed by atoms with van der Waals surface area (Å²) < 4.78 is 29.2. The normalized spacial score (nSPS) is 15.7. The summed E-state index contributed by atoms with van der Waals surface area (Å²) in [5.41, 5.74) is -0.831. The molecule has 2 atom stereocenters. The number of fused-ring (bicyclic) bond motifs is 6. The second-order valence-electron chi connectivity index (χ2n) is 14.2. The molecular weight excluding hydrogens is 634 g/mol. The highest BCUT2D eigenvalue weighted by molar-refractivity contribution is 5.97. The molecule has 0 radical (unpaired) electrons. The molecule has 0 amide bonds. The van der Waals surface area contributed by atoms with Crippen LogP contribution >= 0.6 is 0 Å². The largest absolute Gasteiger partial charge is 0.456 e. The zero-order valence-electron chi connectivity index (χ0n) is 28.5. The summed E-state index contributed by atoms with van der Waals surface area (Å²) >= 11 is 0. The fourth-order valence-corrected chi connectivity index (χ4v) is 5.33. The molecule has 0 bridgehead atoms. The molecule has 12 heteroatoms. The predicted molar refractivity (Wildman–Crippen MR) is 176 cm³/mol. The Morgan fingerprint density at radius 3 is 1.92 bits per heavy atom. The summed E-state index contributed by atoms with van der Waals surface area (Å²) in [4.78, 5) is 39.0. The van der Waals surface area contributed by atoms with Crippen molar-refractivity contribution in [1.29, 1.82) is 0 Å². The van der Waals surface area contributed by atoms with Crippen molar-refractivity contribution in [2.45, 2.75) is 65.9 Å². The van der Waals surface area contributed by atoms with Gasteiger partial charge in [0.2, 0.25) is 0 Å². The molecule has 262 valence electrons. The van der Waals surface area contributed by atoms with Crippen molar-refractivity contribution in [3.8, 4) is 23.0 Å². The predicted octanol–water partition coefficient (Wildman–Crippen LogP) is 4.50. The van der Waals surface area contributed by atoms with Crippen LogP contribution in [0.1, 0.15) is 86.8 Å². The number of hydrogen-bond acceptors (Lipinski definition) is 12. The van der Waals surface area contributed by atoms with Crippen molar-refractivity contribution in [1.82, 2.24) is 5.32 Å². The van der Waals surface area contributed by atoms with Crippen LogP contribution in [0.2, 0.25) is 0 Å². The maximum absolute atomic E-state index is 13.6. The molecule has 12 nitrogen and oxygen atoms in total. The van der Waals surface area contributed by atoms with E-state index >= 15 is 0 Å². The molecule has 0 saturated carbocycles. The van der Waals surface area contributed by atoms with Gasteiger partial charge >= 0.3 is 17.9 Å². The molecule has 3 aromatic rings. The van der Waals surface area contributed by atoms with E-state index in [1.54, 1.807) is 96.1 Å². The maximum atomic E-state index is 13.6. The number of aliphatic hydroxyl groups excluding tert-OH is 3. The van der Waals surface area contributed by atoms with E-state index in [0.717, 1.165) is 0 Å². The lowest BCUT2D eigenvalue weighted by molar-refractivity contribution is -0.143. The molecule has 2 aliphatic rings. The van der Waals surface area contributed by atoms with E-state index in [-0.39, 0.29) is 41.8 Å². The van der Waals surface area contributed by atoms with E-state index < -0.39 is 46.7 Å². The van der Waals surface area contributed by atoms with Gasteiger partial charge in [-0.25, -0.2) is 4.79 Å². The summed E-state index contributed by atoms with van der Waals surface area (Å²) in [7, 11) is 0. The van der Waals surface area contributed by atoms with Gasteiger partial charge in [0, 0.05) is 35.4 Å². The number of benzene rings is 3. The van der Waals surface area contributed by atoms with Crippen molar-refractivity contribution in [2.24, 2.45) is 10.8 Å². The number of carbonyl (C=O) groups excluding carboxylic acids is 3. The lowest BCUT2D eigenvalue weighted by Gasteiger charge is -2.36. The maximum Gasteiger partial charge on any atom is 0.340 e. The quantitative estimate of drug-likeness (QED) is 0.0972. The van der Waals surface area contributed by atoms with Gasteiger partial charge in [0.05, 0.1) is 29.6 Å². The Morgan fingerprint density at radius 1 is 0.837 bits per heavy atom. The Hall–Kier alpha value is -4.33. The molecule has 3 aromatic carbocycles. The van der Waals surface area contributed by atoms with Gasteiger partial charge in [-0.1, -0.05) is 12.1 Å². The van der Waals surface area contributed by atoms with E-state index in [0.29, 0.717) is 41.8 Å². The van der Waals surface area contributed by atoms with Crippen LogP contribution in [-0.2, 0) is 24.7 Å². The van der Waals surface area contributed by atoms with Crippen LogP contribution in [0.15, 0.2) is 54.6 Å². The molecule has 2 heterocycles. The third-order valence-electron chi connectivity index (χ3n) is 8.06. The summed E-state index contributed by atoms with van der Waals surface area (Å²) in [6.07, 6.45) is -1.52. The van der Waals surface area contributed by atoms with E-state index in [1.807, 2.05) is 0 Å². The van der Waals surface area contributed by atoms with Crippen LogP contribution in [0, 0.1) is 10.8 Å². The molecule has 0 fully saturated rings. The van der Waals surface area contributed by atoms with Crippen molar-refractivity contribution in [3.05, 3.63) is 82.4 Å². The Kier molecular flexibility index (Phi) is 10.2. The topological polar surface area (TPSA) is 170 Å². The summed E-state index contributed by atoms with van der Waals surface area (Å²) in [5, 5.41) is 32.1. The van der Waals surface area contributed by atoms with E-state index in [1.165, 1.54) is 0 Å². The highest BCUT2D eigenvalue weighted by Gasteiger charge is 2.54. The minimum atomic E-state index is -1.47. The lowest BCUT2D eigenvalue weighted by Crippen LogP contribution is -2.33. The molecule has 2 unspecified atom stereocenters. The minimum Gasteiger partial charge on any atom is -0.456 e. The standard InChI is InChI=1S/C37H43NO11/c1-35(2,3)33(43)46-23-9-12-27-29(17-23)48-30-18-24(47-34(44)36(4,5)6)10-13-28(30)37(27)26-11-8-21(16-25(26)32(42)49-37)31(41)38-14-7-15-45-20-22(40)19-39/h8-13,16-18,22,31,38-41H,7,14-15,19-20H2,1-6H3. The summed E-state index contributed by atoms with van der Waals surface area (Å²) in [6, 6.07) is 14.7. The van der Waals surface area contributed by atoms with Crippen LogP contribution in [0.4, 0.5) is 0 Å². The van der Waals surface area contributed by atoms with Crippen molar-refractivity contribution >= 4 is 17.9 Å². The number of carbonyl (C=O) groups is 3. The highest BCUT2D eigenvalue weighted by atomic mass is 16.6. The van der Waals surface area contributed by atoms with E-state index in [2.05, 4.69) is 5.32 Å². The second-order valence-corrected chi connectivity index (χ2v) is 14.2. The molecule has 1 spiro atoms. The lowest BCUT2D eigenvalue weighted by atomic mass is 9.77. The average molecular weight is 678 g/mol. The number of hydrogen-bond donors (Lipinski definition) is 4. The molecule has 5 rings (SSSR count). The highest BCUT2D eigenvalue weighted by Crippen LogP contribution is 2.57. The number of rotatable bonds is 11. The number of esters is 3. The van der Waals surface area contributed by atoms with Crippen LogP contribution in [0.3, 0.4) is 0 Å². The van der Waals surface area contributed by atoms with Gasteiger partial charge in [0.15, 0.2) is 5.60 Å². The van der Waals surface area contributed by atoms with Crippen molar-refractivity contribution in [3.63, 3.8) is 0 Å². The van der Waals surface area contributed by atoms with Gasteiger partial charge in [-0.15, -0.1) is 0 Å². The first-order chi connectivity index (χ1) is 23.0. The first-order valence-corrected chi connectivity index (χ1v) is 16.1. The zero-order valence-corrected chi connectivity index (χ0v) is 28.5. The van der Waals surface area contributed by atoms with Gasteiger partial charge in [-0.2, -0.15) is 0 Å². The Morgan fingerprint density at radius 2 is 1.39 bits per heavy atom. The van der Waals surface area contributed by atoms with Crippen LogP contribution in [0.25, 0.3) is 0 Å². The zero-order chi connectivity index (χ0) is 35.7. The molecule has 0 saturated heterocycles. The fourth-order valence-electron chi connectivity index (χ4n) is 5.33. The minimum absolute atomic E-state index is 0.0117. The molecular formula is C37H43NO11. The molecule has 2 aliphatic heterocycles. The van der Waals surface area contributed by atoms with Crippen molar-refractivity contribution < 1.29 is 53.4 Å². The molecule has 0 aromatic heterocycles. The first-order valence-electron chi connectivity index (χ1n) is 16.1. The fraction of sp³-hybridized carbons (Fsp3) is 0.432. The van der Waals surface area contributed by atoms with E-state index in [4.69, 9.17) is 28.8 Å². The Bertz CT molecular complexity index is 1660. The van der Waals surface area contributed by atoms with Crippen LogP contribution in [-0.4, -0.2) is 65.7 Å². The molecule has 49 heavy (non-hydrogen) atoms. The van der Waals surface area contributed by atoms with Gasteiger partial charge in [0.25, 0.3) is 0 Å². The monoisotopic (exact) mass is 677 g/mol. The Labute approximate surface area is 284 Å². The second kappa shape index (κ2) is 13.9. The Balaban J connectivity index is 1.49. The number of aliphatic hydroxyl groups is 3. The number of nitrogens with one attached hydrogen (secondary N) is 1. The van der Waals surface area contributed by atoms with Gasteiger partial charge < -0.3 is 39.0 Å². The van der Waals surface area contributed by atoms with Crippen LogP contribution < -0.4 is 19.5 Å². The smallest absolute Gasteiger partial charge is 0.340 e. The molecule has 0 aliphatic carbocycles.